The summed E-state index contributed by atoms with van der Waals surface area (Å²) in [7, 11) is -3.41. The van der Waals surface area contributed by atoms with Gasteiger partial charge in [0.25, 0.3) is 0 Å². The number of carboxylic acid groups (broad SMARTS) is 1. The second kappa shape index (κ2) is 46.7. The molecule has 1 amide bonds. The topological polar surface area (TPSA) is 302 Å². The molecule has 0 radical (unpaired) electrons. The SMILES string of the molecule is C.C.C.C.C.C.C.C.C.C.C.C.CC1C(C)C2CC1C(C(=O)O)C2C(=O)OC(C)(C)C.CC1C2CC(C(=O)NS(C)(=O)=O)C(C2)C1C.CC1C2CC(C(=O)OC3C(=O)OCC3(C)C)C(C2)C1C.CC1C2CC(C(=O)OC3C4CC5C(=O)OC3C5C4)C(C2)C1C.CC1CCC(C(C)(C)OC(=O)C2CC3CC2C(C)C3C)C(=O)C1.CCC1(OC(=O)C2CC3CC2C(C)C3C)C2CC3CC(C2)CC1C3. The lowest BCUT2D eigenvalue weighted by molar-refractivity contribution is -0.216. The first kappa shape index (κ1) is 125. The molecule has 21 nitrogen and oxygen atoms in total. The third kappa shape index (κ3) is 23.3. The highest BCUT2D eigenvalue weighted by Crippen LogP contribution is 2.66. The van der Waals surface area contributed by atoms with Crippen LogP contribution in [-0.4, -0.2) is 121 Å². The lowest BCUT2D eigenvalue weighted by Crippen LogP contribution is -2.60. The molecule has 19 aliphatic carbocycles. The number of carbonyl (C=O) groups is 10. The highest BCUT2D eigenvalue weighted by molar-refractivity contribution is 7.89. The summed E-state index contributed by atoms with van der Waals surface area (Å²) in [6, 6.07) is 0. The van der Waals surface area contributed by atoms with Crippen LogP contribution >= 0.6 is 0 Å². The maximum absolute atomic E-state index is 13.2. The zero-order valence-electron chi connectivity index (χ0n) is 79.2. The molecular weight excluding hydrogens is 1740 g/mol. The van der Waals surface area contributed by atoms with E-state index in [0.717, 1.165) is 125 Å². The quantitative estimate of drug-likeness (QED) is 0.121. The van der Waals surface area contributed by atoms with Crippen molar-refractivity contribution in [1.29, 1.82) is 0 Å². The summed E-state index contributed by atoms with van der Waals surface area (Å²) in [5, 5.41) is 9.45. The highest BCUT2D eigenvalue weighted by Gasteiger charge is 2.67. The van der Waals surface area contributed by atoms with Crippen molar-refractivity contribution in [2.75, 3.05) is 12.9 Å². The Hall–Kier alpha value is -5.15. The fourth-order valence-electron chi connectivity index (χ4n) is 32.2. The first-order valence-corrected chi connectivity index (χ1v) is 51.6. The Morgan fingerprint density at radius 3 is 1.18 bits per heavy atom. The molecule has 2 saturated heterocycles. The Morgan fingerprint density at radius 1 is 0.426 bits per heavy atom. The number of ether oxygens (including phenoxy) is 7. The Labute approximate surface area is 829 Å². The third-order valence-corrected chi connectivity index (χ3v) is 40.8. The number of nitrogens with one attached hydrogen (secondary N) is 1. The number of hydrogen-bond donors (Lipinski definition) is 2. The summed E-state index contributed by atoms with van der Waals surface area (Å²) in [6.45, 7) is 45.0. The molecule has 792 valence electrons. The number of esters is 7. The molecule has 2 N–H and O–H groups in total. The first-order chi connectivity index (χ1) is 58.0. The van der Waals surface area contributed by atoms with Crippen LogP contribution in [0.5, 0.6) is 0 Å². The van der Waals surface area contributed by atoms with E-state index >= 15 is 0 Å². The summed E-state index contributed by atoms with van der Waals surface area (Å²) < 4.78 is 64.1. The lowest BCUT2D eigenvalue weighted by atomic mass is 9.49. The number of carbonyl (C=O) groups excluding carboxylic acids is 9. The smallest absolute Gasteiger partial charge is 0.348 e. The van der Waals surface area contributed by atoms with Crippen LogP contribution in [-0.2, 0) is 91.1 Å². The molecule has 0 aromatic rings. The molecule has 2 aliphatic heterocycles. The summed E-state index contributed by atoms with van der Waals surface area (Å²) in [6.07, 6.45) is 23.8. The number of amides is 1. The monoisotopic (exact) mass is 1940 g/mol. The molecule has 21 rings (SSSR count). The normalized spacial score (nSPS) is 44.3. The van der Waals surface area contributed by atoms with Gasteiger partial charge in [-0.2, -0.15) is 0 Å². The van der Waals surface area contributed by atoms with Crippen molar-refractivity contribution in [3.05, 3.63) is 0 Å². The fourth-order valence-corrected chi connectivity index (χ4v) is 32.7. The summed E-state index contributed by atoms with van der Waals surface area (Å²) >= 11 is 0. The van der Waals surface area contributed by atoms with Gasteiger partial charge in [-0.15, -0.1) is 0 Å². The van der Waals surface area contributed by atoms with Crippen LogP contribution < -0.4 is 4.72 Å². The van der Waals surface area contributed by atoms with Crippen molar-refractivity contribution in [3.8, 4) is 0 Å². The van der Waals surface area contributed by atoms with Crippen molar-refractivity contribution < 1.29 is 94.6 Å². The van der Waals surface area contributed by atoms with E-state index in [4.69, 9.17) is 33.2 Å². The minimum Gasteiger partial charge on any atom is -0.481 e. The van der Waals surface area contributed by atoms with Crippen LogP contribution in [0.15, 0.2) is 0 Å². The second-order valence-corrected chi connectivity index (χ2v) is 50.0. The van der Waals surface area contributed by atoms with E-state index in [1.54, 1.807) is 0 Å². The van der Waals surface area contributed by atoms with Gasteiger partial charge in [0.2, 0.25) is 22.0 Å². The predicted molar refractivity (Wildman–Crippen MR) is 546 cm³/mol. The van der Waals surface area contributed by atoms with Crippen molar-refractivity contribution in [2.45, 2.75) is 411 Å². The lowest BCUT2D eigenvalue weighted by Gasteiger charge is -2.60. The van der Waals surface area contributed by atoms with Gasteiger partial charge in [0, 0.05) is 29.6 Å². The molecule has 0 aromatic heterocycles. The molecule has 2 heterocycles. The van der Waals surface area contributed by atoms with Gasteiger partial charge in [-0.3, -0.25) is 47.9 Å². The van der Waals surface area contributed by atoms with Gasteiger partial charge in [0.05, 0.1) is 53.6 Å². The third-order valence-electron chi connectivity index (χ3n) is 40.2. The molecule has 19 saturated carbocycles. The Kier molecular flexibility index (Phi) is 42.9. The van der Waals surface area contributed by atoms with Gasteiger partial charge in [0.1, 0.15) is 41.4 Å². The maximum atomic E-state index is 13.2. The van der Waals surface area contributed by atoms with E-state index in [-0.39, 0.29) is 208 Å². The van der Waals surface area contributed by atoms with Crippen LogP contribution in [0.25, 0.3) is 0 Å². The highest BCUT2D eigenvalue weighted by atomic mass is 32.2. The van der Waals surface area contributed by atoms with Crippen LogP contribution in [0.4, 0.5) is 0 Å². The van der Waals surface area contributed by atoms with Crippen molar-refractivity contribution in [2.24, 2.45) is 242 Å². The molecule has 136 heavy (non-hydrogen) atoms. The molecule has 18 bridgehead atoms. The number of cyclic esters (lactones) is 1. The van der Waals surface area contributed by atoms with E-state index < -0.39 is 56.5 Å². The molecule has 21 fully saturated rings. The van der Waals surface area contributed by atoms with Gasteiger partial charge >= 0.3 is 47.8 Å². The number of rotatable bonds is 14. The number of Topliss-reactive ketones (excluding diaryl/α,β-unsaturated/α-hetero) is 1. The Morgan fingerprint density at radius 2 is 0.809 bits per heavy atom. The average molecular weight is 1940 g/mol. The summed E-state index contributed by atoms with van der Waals surface area (Å²) in [5.41, 5.74) is -1.73. The maximum Gasteiger partial charge on any atom is 0.348 e. The number of carboxylic acids is 1. The molecule has 0 aromatic carbocycles. The van der Waals surface area contributed by atoms with Gasteiger partial charge < -0.3 is 38.3 Å². The van der Waals surface area contributed by atoms with E-state index in [2.05, 4.69) is 102 Å². The molecule has 0 spiro atoms. The fraction of sp³-hybridized carbons (Fsp3) is 0.912. The van der Waals surface area contributed by atoms with Crippen LogP contribution in [0.1, 0.15) is 376 Å². The number of fused-ring (bicyclic) bond motifs is 13. The molecule has 39 atom stereocenters. The zero-order valence-corrected chi connectivity index (χ0v) is 80.0. The van der Waals surface area contributed by atoms with Crippen LogP contribution in [0.3, 0.4) is 0 Å². The molecule has 22 heteroatoms. The average Bonchev–Trinajstić information content (AvgIpc) is 0.981. The second-order valence-electron chi connectivity index (χ2n) is 48.2. The first-order valence-electron chi connectivity index (χ1n) is 49.7. The number of sulfonamides is 1. The number of ketones is 1. The largest absolute Gasteiger partial charge is 0.481 e. The number of aliphatic carboxylic acids is 1. The van der Waals surface area contributed by atoms with Crippen LogP contribution in [0.2, 0.25) is 0 Å². The van der Waals surface area contributed by atoms with E-state index in [1.165, 1.54) is 51.4 Å². The van der Waals surface area contributed by atoms with Gasteiger partial charge in [-0.25, -0.2) is 13.2 Å². The Balaban J connectivity index is 0.000000415. The Bertz CT molecular complexity index is 4130. The van der Waals surface area contributed by atoms with Crippen molar-refractivity contribution in [3.63, 3.8) is 0 Å². The zero-order chi connectivity index (χ0) is 90.0. The van der Waals surface area contributed by atoms with Crippen LogP contribution in [0, 0.1) is 242 Å². The number of hydrogen-bond acceptors (Lipinski definition) is 19. The minimum absolute atomic E-state index is 0. The molecular formula is C114H205NO20S. The van der Waals surface area contributed by atoms with E-state index in [1.807, 2.05) is 48.5 Å². The minimum atomic E-state index is -3.41. The molecule has 21 aliphatic rings. The molecule has 39 unspecified atom stereocenters. The van der Waals surface area contributed by atoms with Crippen molar-refractivity contribution in [1.82, 2.24) is 4.72 Å². The standard InChI is InChI=1S/C22H34O2.C20H32O3.C18H24O4.C16H24O4.C15H24O4.C11H19NO3S.12CH4/c1-4-22(17-6-14-5-15(8-17)9-18(22)7-14)24-21(23)20-11-16-10-19(20)13(3)12(16)2;1-11-6-7-17(18(21)8-11)20(4,5)23-19(22)16-10-14-9-15(16)13(3)12(14)2;1-7-8(2)11-3-9(7)4-13(11)17(19)21-15-10-5-12-14(6-10)18(20)22-16(12)15;1-8-9(2)11-5-10(8)6-12(11)14(17)20-13-15(18)19-7-16(13,3)4;1-7-8(2)10-6-9(7)11(13(16)17)12(10)14(18)19-15(3,4)5;1-6-7(2)9-4-8(6)5-10(9)11(13)12-16(3,14)15;;;;;;;;;;;;/h12-20H,4-11H2,1-3H3;11-17H,6-10H2,1-5H3;7-16H,3-6H2,1-2H3;8-13H,5-7H2,1-4H3;7-12H,6H2,1-5H3,(H,16,17);6-10H,4-5H2,1-3H3,(H,12,13);12*1H4. The van der Waals surface area contributed by atoms with Gasteiger partial charge in [-0.1, -0.05) is 200 Å². The van der Waals surface area contributed by atoms with Gasteiger partial charge in [-0.05, 0) is 341 Å². The van der Waals surface area contributed by atoms with E-state index in [9.17, 15) is 61.5 Å². The predicted octanol–water partition coefficient (Wildman–Crippen LogP) is 25.3. The van der Waals surface area contributed by atoms with Gasteiger partial charge in [0.15, 0.2) is 0 Å². The van der Waals surface area contributed by atoms with Crippen molar-refractivity contribution >= 4 is 69.5 Å². The summed E-state index contributed by atoms with van der Waals surface area (Å²) in [5.74, 6) is 15.4. The van der Waals surface area contributed by atoms with E-state index in [0.29, 0.717) is 149 Å². The summed E-state index contributed by atoms with van der Waals surface area (Å²) in [4.78, 5) is 123.